The molecule has 1 atom stereocenters. The van der Waals surface area contributed by atoms with Crippen molar-refractivity contribution in [2.75, 3.05) is 0 Å². The summed E-state index contributed by atoms with van der Waals surface area (Å²) in [5.74, 6) is -0.0385. The number of hydrogen-bond donors (Lipinski definition) is 0. The summed E-state index contributed by atoms with van der Waals surface area (Å²) in [4.78, 5) is 10.2. The van der Waals surface area contributed by atoms with Gasteiger partial charge in [-0.3, -0.25) is 4.79 Å². The van der Waals surface area contributed by atoms with Gasteiger partial charge in [0.15, 0.2) is 0 Å². The zero-order valence-electron chi connectivity index (χ0n) is 5.02. The molecule has 2 heteroatoms. The Morgan fingerprint density at radius 1 is 1.88 bits per heavy atom. The fourth-order valence-electron chi connectivity index (χ4n) is 0.845. The Balaban J connectivity index is 2.06. The quantitative estimate of drug-likeness (QED) is 0.502. The molecule has 0 aromatic rings. The van der Waals surface area contributed by atoms with Gasteiger partial charge < -0.3 is 4.74 Å². The largest absolute Gasteiger partial charge is 0.462 e. The van der Waals surface area contributed by atoms with Crippen molar-refractivity contribution in [3.05, 3.63) is 0 Å². The first kappa shape index (κ1) is 5.60. The summed E-state index contributed by atoms with van der Waals surface area (Å²) < 4.78 is 4.74. The molecule has 0 aromatic carbocycles. The first-order chi connectivity index (χ1) is 3.83. The minimum Gasteiger partial charge on any atom is -0.462 e. The Kier molecular flexibility index (Phi) is 1.51. The summed E-state index contributed by atoms with van der Waals surface area (Å²) in [6, 6.07) is 0. The minimum absolute atomic E-state index is 0.0385. The second-order valence-corrected chi connectivity index (χ2v) is 2.10. The molecule has 1 rings (SSSR count). The van der Waals surface area contributed by atoms with Crippen molar-refractivity contribution in [2.45, 2.75) is 32.3 Å². The molecule has 0 saturated carbocycles. The van der Waals surface area contributed by atoms with Gasteiger partial charge in [-0.05, 0) is 6.42 Å². The summed E-state index contributed by atoms with van der Waals surface area (Å²) >= 11 is 0. The Morgan fingerprint density at radius 2 is 2.50 bits per heavy atom. The maximum absolute atomic E-state index is 10.2. The zero-order valence-corrected chi connectivity index (χ0v) is 5.02. The van der Waals surface area contributed by atoms with Gasteiger partial charge in [0, 0.05) is 0 Å². The number of esters is 1. The van der Waals surface area contributed by atoms with Crippen LogP contribution in [0.25, 0.3) is 0 Å². The molecule has 0 bridgehead atoms. The lowest BCUT2D eigenvalue weighted by molar-refractivity contribution is -0.169. The van der Waals surface area contributed by atoms with Crippen LogP contribution < -0.4 is 0 Å². The van der Waals surface area contributed by atoms with Gasteiger partial charge in [0.1, 0.15) is 6.10 Å². The summed E-state index contributed by atoms with van der Waals surface area (Å²) in [6.45, 7) is 2.09. The Bertz CT molecular complexity index is 90.7. The van der Waals surface area contributed by atoms with Crippen molar-refractivity contribution >= 4 is 5.97 Å². The van der Waals surface area contributed by atoms with Crippen LogP contribution in [0.3, 0.4) is 0 Å². The van der Waals surface area contributed by atoms with Crippen LogP contribution in [0.15, 0.2) is 0 Å². The van der Waals surface area contributed by atoms with Crippen LogP contribution in [0.2, 0.25) is 0 Å². The van der Waals surface area contributed by atoms with Crippen molar-refractivity contribution in [1.29, 1.82) is 0 Å². The number of carbonyl (C=O) groups is 1. The molecule has 1 fully saturated rings. The van der Waals surface area contributed by atoms with E-state index in [1.165, 1.54) is 0 Å². The highest BCUT2D eigenvalue weighted by atomic mass is 16.6. The van der Waals surface area contributed by atoms with E-state index in [2.05, 4.69) is 6.92 Å². The van der Waals surface area contributed by atoms with E-state index in [-0.39, 0.29) is 12.1 Å². The molecule has 2 nitrogen and oxygen atoms in total. The lowest BCUT2D eigenvalue weighted by Crippen LogP contribution is -2.32. The lowest BCUT2D eigenvalue weighted by Gasteiger charge is -2.24. The lowest BCUT2D eigenvalue weighted by atomic mass is 10.1. The van der Waals surface area contributed by atoms with E-state index in [4.69, 9.17) is 4.74 Å². The average molecular weight is 114 g/mol. The van der Waals surface area contributed by atoms with Gasteiger partial charge in [-0.2, -0.15) is 0 Å². The van der Waals surface area contributed by atoms with Gasteiger partial charge in [0.25, 0.3) is 0 Å². The van der Waals surface area contributed by atoms with Crippen molar-refractivity contribution in [2.24, 2.45) is 0 Å². The molecular formula is C6H10O2. The van der Waals surface area contributed by atoms with Crippen LogP contribution in [0.4, 0.5) is 0 Å². The van der Waals surface area contributed by atoms with Crippen LogP contribution >= 0.6 is 0 Å². The Hall–Kier alpha value is -0.530. The molecule has 1 heterocycles. The summed E-state index contributed by atoms with van der Waals surface area (Å²) in [5, 5.41) is 0. The summed E-state index contributed by atoms with van der Waals surface area (Å²) in [7, 11) is 0. The van der Waals surface area contributed by atoms with E-state index in [0.29, 0.717) is 6.42 Å². The van der Waals surface area contributed by atoms with E-state index in [1.54, 1.807) is 0 Å². The molecule has 46 valence electrons. The average Bonchev–Trinajstić information content (AvgIpc) is 1.64. The highest BCUT2D eigenvalue weighted by Crippen LogP contribution is 2.17. The molecule has 8 heavy (non-hydrogen) atoms. The first-order valence-electron chi connectivity index (χ1n) is 3.02. The van der Waals surface area contributed by atoms with Crippen molar-refractivity contribution in [1.82, 2.24) is 0 Å². The van der Waals surface area contributed by atoms with E-state index < -0.39 is 0 Å². The molecule has 1 unspecified atom stereocenters. The van der Waals surface area contributed by atoms with Crippen LogP contribution in [0.1, 0.15) is 26.2 Å². The Morgan fingerprint density at radius 3 is 2.88 bits per heavy atom. The number of carbonyl (C=O) groups excluding carboxylic acids is 1. The van der Waals surface area contributed by atoms with E-state index in [9.17, 15) is 4.79 Å². The van der Waals surface area contributed by atoms with E-state index >= 15 is 0 Å². The fraction of sp³-hybridized carbons (Fsp3) is 0.833. The van der Waals surface area contributed by atoms with Crippen molar-refractivity contribution in [3.8, 4) is 0 Å². The predicted molar refractivity (Wildman–Crippen MR) is 29.4 cm³/mol. The van der Waals surface area contributed by atoms with Crippen LogP contribution in [-0.2, 0) is 9.53 Å². The van der Waals surface area contributed by atoms with E-state index in [0.717, 1.165) is 12.8 Å². The molecule has 1 aliphatic heterocycles. The van der Waals surface area contributed by atoms with Gasteiger partial charge in [-0.15, -0.1) is 0 Å². The fourth-order valence-corrected chi connectivity index (χ4v) is 0.845. The molecule has 1 saturated heterocycles. The molecule has 0 aromatic heterocycles. The monoisotopic (exact) mass is 114 g/mol. The SMILES string of the molecule is CCCC1CC(=O)O1. The van der Waals surface area contributed by atoms with Crippen molar-refractivity contribution < 1.29 is 9.53 Å². The third-order valence-corrected chi connectivity index (χ3v) is 1.30. The Labute approximate surface area is 48.8 Å². The summed E-state index contributed by atoms with van der Waals surface area (Å²) in [5.41, 5.74) is 0. The smallest absolute Gasteiger partial charge is 0.309 e. The maximum Gasteiger partial charge on any atom is 0.309 e. The van der Waals surface area contributed by atoms with Crippen molar-refractivity contribution in [3.63, 3.8) is 0 Å². The highest BCUT2D eigenvalue weighted by Gasteiger charge is 2.26. The minimum atomic E-state index is -0.0385. The van der Waals surface area contributed by atoms with Crippen LogP contribution in [0, 0.1) is 0 Å². The maximum atomic E-state index is 10.2. The summed E-state index contributed by atoms with van der Waals surface area (Å²) in [6.07, 6.45) is 3.05. The standard InChI is InChI=1S/C6H10O2/c1-2-3-5-4-6(7)8-5/h5H,2-4H2,1H3. The second kappa shape index (κ2) is 2.16. The highest BCUT2D eigenvalue weighted by molar-refractivity contribution is 5.75. The molecule has 0 aliphatic carbocycles. The molecule has 0 spiro atoms. The molecule has 0 radical (unpaired) electrons. The van der Waals surface area contributed by atoms with Crippen LogP contribution in [0.5, 0.6) is 0 Å². The third kappa shape index (κ3) is 0.997. The first-order valence-corrected chi connectivity index (χ1v) is 3.02. The van der Waals surface area contributed by atoms with Gasteiger partial charge in [0.05, 0.1) is 6.42 Å². The normalized spacial score (nSPS) is 26.6. The number of hydrogen-bond acceptors (Lipinski definition) is 2. The number of rotatable bonds is 2. The van der Waals surface area contributed by atoms with Gasteiger partial charge in [-0.1, -0.05) is 13.3 Å². The van der Waals surface area contributed by atoms with Gasteiger partial charge >= 0.3 is 5.97 Å². The molecule has 0 amide bonds. The molecule has 1 aliphatic rings. The van der Waals surface area contributed by atoms with Crippen LogP contribution in [-0.4, -0.2) is 12.1 Å². The van der Waals surface area contributed by atoms with E-state index in [1.807, 2.05) is 0 Å². The topological polar surface area (TPSA) is 26.3 Å². The third-order valence-electron chi connectivity index (χ3n) is 1.30. The number of ether oxygens (including phenoxy) is 1. The molecule has 0 N–H and O–H groups in total. The zero-order chi connectivity index (χ0) is 5.98. The van der Waals surface area contributed by atoms with Gasteiger partial charge in [0.2, 0.25) is 0 Å². The molecular weight excluding hydrogens is 104 g/mol. The predicted octanol–water partition coefficient (Wildman–Crippen LogP) is 1.10. The number of cyclic esters (lactones) is 1. The van der Waals surface area contributed by atoms with Gasteiger partial charge in [-0.25, -0.2) is 0 Å². The second-order valence-electron chi connectivity index (χ2n) is 2.10.